The first kappa shape index (κ1) is 20.2. The summed E-state index contributed by atoms with van der Waals surface area (Å²) in [4.78, 5) is 35.6. The van der Waals surface area contributed by atoms with Gasteiger partial charge in [0, 0.05) is 25.6 Å². The SMILES string of the molecule is CC(=O)NC(CC(=O)NCCNC(=O)c1ccccc1)c1ccc(C)cc1. The van der Waals surface area contributed by atoms with Gasteiger partial charge in [-0.15, -0.1) is 0 Å². The van der Waals surface area contributed by atoms with Crippen molar-refractivity contribution in [3.05, 3.63) is 71.3 Å². The average Bonchev–Trinajstić information content (AvgIpc) is 2.65. The zero-order valence-corrected chi connectivity index (χ0v) is 15.6. The first-order chi connectivity index (χ1) is 13.0. The zero-order valence-electron chi connectivity index (χ0n) is 15.6. The first-order valence-electron chi connectivity index (χ1n) is 8.89. The van der Waals surface area contributed by atoms with Gasteiger partial charge in [-0.05, 0) is 24.6 Å². The van der Waals surface area contributed by atoms with Gasteiger partial charge in [-0.3, -0.25) is 14.4 Å². The Balaban J connectivity index is 1.80. The topological polar surface area (TPSA) is 87.3 Å². The van der Waals surface area contributed by atoms with Gasteiger partial charge in [-0.25, -0.2) is 0 Å². The van der Waals surface area contributed by atoms with Crippen molar-refractivity contribution in [1.82, 2.24) is 16.0 Å². The molecule has 2 aromatic rings. The maximum atomic E-state index is 12.2. The van der Waals surface area contributed by atoms with Crippen molar-refractivity contribution in [2.45, 2.75) is 26.3 Å². The largest absolute Gasteiger partial charge is 0.354 e. The standard InChI is InChI=1S/C21H25N3O3/c1-15-8-10-17(11-9-15)19(24-16(2)25)14-20(26)22-12-13-23-21(27)18-6-4-3-5-7-18/h3-11,19H,12-14H2,1-2H3,(H,22,26)(H,23,27)(H,24,25). The minimum Gasteiger partial charge on any atom is -0.354 e. The lowest BCUT2D eigenvalue weighted by Gasteiger charge is -2.18. The molecule has 142 valence electrons. The molecule has 27 heavy (non-hydrogen) atoms. The summed E-state index contributed by atoms with van der Waals surface area (Å²) in [5.74, 6) is -0.563. The molecule has 3 N–H and O–H groups in total. The zero-order chi connectivity index (χ0) is 19.6. The molecule has 2 aromatic carbocycles. The molecule has 6 heteroatoms. The molecular weight excluding hydrogens is 342 g/mol. The lowest BCUT2D eigenvalue weighted by molar-refractivity contribution is -0.122. The van der Waals surface area contributed by atoms with E-state index in [9.17, 15) is 14.4 Å². The highest BCUT2D eigenvalue weighted by atomic mass is 16.2. The fourth-order valence-corrected chi connectivity index (χ4v) is 2.62. The van der Waals surface area contributed by atoms with Gasteiger partial charge in [0.25, 0.3) is 5.91 Å². The summed E-state index contributed by atoms with van der Waals surface area (Å²) in [6.45, 7) is 4.05. The second-order valence-electron chi connectivity index (χ2n) is 6.34. The molecule has 6 nitrogen and oxygen atoms in total. The molecule has 0 aliphatic heterocycles. The highest BCUT2D eigenvalue weighted by molar-refractivity contribution is 5.94. The predicted octanol–water partition coefficient (Wildman–Crippen LogP) is 2.11. The summed E-state index contributed by atoms with van der Waals surface area (Å²) in [5, 5.41) is 8.33. The Morgan fingerprint density at radius 2 is 1.52 bits per heavy atom. The van der Waals surface area contributed by atoms with E-state index in [1.54, 1.807) is 24.3 Å². The molecule has 0 fully saturated rings. The molecule has 2 rings (SSSR count). The van der Waals surface area contributed by atoms with Crippen molar-refractivity contribution < 1.29 is 14.4 Å². The van der Waals surface area contributed by atoms with Crippen LogP contribution in [0.4, 0.5) is 0 Å². The highest BCUT2D eigenvalue weighted by Crippen LogP contribution is 2.17. The number of carbonyl (C=O) groups is 3. The van der Waals surface area contributed by atoms with Crippen LogP contribution in [0.3, 0.4) is 0 Å². The van der Waals surface area contributed by atoms with Crippen LogP contribution in [0.15, 0.2) is 54.6 Å². The predicted molar refractivity (Wildman–Crippen MR) is 104 cm³/mol. The van der Waals surface area contributed by atoms with Gasteiger partial charge in [-0.2, -0.15) is 0 Å². The summed E-state index contributed by atoms with van der Waals surface area (Å²) >= 11 is 0. The van der Waals surface area contributed by atoms with Gasteiger partial charge in [0.15, 0.2) is 0 Å². The Morgan fingerprint density at radius 3 is 2.15 bits per heavy atom. The van der Waals surface area contributed by atoms with E-state index >= 15 is 0 Å². The fraction of sp³-hybridized carbons (Fsp3) is 0.286. The number of aryl methyl sites for hydroxylation is 1. The summed E-state index contributed by atoms with van der Waals surface area (Å²) < 4.78 is 0. The van der Waals surface area contributed by atoms with Crippen molar-refractivity contribution in [2.75, 3.05) is 13.1 Å². The second kappa shape index (κ2) is 10.1. The molecule has 1 atom stereocenters. The lowest BCUT2D eigenvalue weighted by atomic mass is 10.0. The average molecular weight is 367 g/mol. The maximum absolute atomic E-state index is 12.2. The number of hydrogen-bond acceptors (Lipinski definition) is 3. The maximum Gasteiger partial charge on any atom is 0.251 e. The molecule has 0 aromatic heterocycles. The third-order valence-corrected chi connectivity index (χ3v) is 4.02. The van der Waals surface area contributed by atoms with Crippen LogP contribution in [0.5, 0.6) is 0 Å². The Morgan fingerprint density at radius 1 is 0.889 bits per heavy atom. The van der Waals surface area contributed by atoms with Crippen molar-refractivity contribution in [3.8, 4) is 0 Å². The van der Waals surface area contributed by atoms with Gasteiger partial charge in [0.1, 0.15) is 0 Å². The highest BCUT2D eigenvalue weighted by Gasteiger charge is 2.17. The van der Waals surface area contributed by atoms with Gasteiger partial charge < -0.3 is 16.0 Å². The van der Waals surface area contributed by atoms with Crippen molar-refractivity contribution in [1.29, 1.82) is 0 Å². The molecule has 0 heterocycles. The molecular formula is C21H25N3O3. The number of rotatable bonds is 8. The van der Waals surface area contributed by atoms with E-state index in [1.165, 1.54) is 6.92 Å². The molecule has 0 aliphatic carbocycles. The monoisotopic (exact) mass is 367 g/mol. The molecule has 0 aliphatic rings. The lowest BCUT2D eigenvalue weighted by Crippen LogP contribution is -2.37. The fourth-order valence-electron chi connectivity index (χ4n) is 2.62. The Hall–Kier alpha value is -3.15. The Kier molecular flexibility index (Phi) is 7.55. The number of hydrogen-bond donors (Lipinski definition) is 3. The molecule has 0 spiro atoms. The van der Waals surface area contributed by atoms with E-state index in [0.29, 0.717) is 18.7 Å². The Bertz CT molecular complexity index is 773. The van der Waals surface area contributed by atoms with Crippen molar-refractivity contribution in [2.24, 2.45) is 0 Å². The van der Waals surface area contributed by atoms with Crippen LogP contribution in [-0.2, 0) is 9.59 Å². The van der Waals surface area contributed by atoms with Crippen molar-refractivity contribution in [3.63, 3.8) is 0 Å². The quantitative estimate of drug-likeness (QED) is 0.625. The van der Waals surface area contributed by atoms with E-state index in [4.69, 9.17) is 0 Å². The van der Waals surface area contributed by atoms with Crippen LogP contribution in [0.2, 0.25) is 0 Å². The summed E-state index contributed by atoms with van der Waals surface area (Å²) in [5.41, 5.74) is 2.57. The first-order valence-corrected chi connectivity index (χ1v) is 8.89. The van der Waals surface area contributed by atoms with E-state index in [0.717, 1.165) is 11.1 Å². The molecule has 1 unspecified atom stereocenters. The van der Waals surface area contributed by atoms with Crippen LogP contribution in [0.1, 0.15) is 40.9 Å². The minimum absolute atomic E-state index is 0.134. The van der Waals surface area contributed by atoms with E-state index in [2.05, 4.69) is 16.0 Å². The van der Waals surface area contributed by atoms with E-state index < -0.39 is 0 Å². The number of nitrogens with one attached hydrogen (secondary N) is 3. The smallest absolute Gasteiger partial charge is 0.251 e. The number of benzene rings is 2. The molecule has 0 saturated carbocycles. The van der Waals surface area contributed by atoms with Crippen LogP contribution < -0.4 is 16.0 Å². The Labute approximate surface area is 159 Å². The third-order valence-electron chi connectivity index (χ3n) is 4.02. The van der Waals surface area contributed by atoms with Gasteiger partial charge in [-0.1, -0.05) is 48.0 Å². The van der Waals surface area contributed by atoms with Gasteiger partial charge >= 0.3 is 0 Å². The summed E-state index contributed by atoms with van der Waals surface area (Å²) in [7, 11) is 0. The van der Waals surface area contributed by atoms with Crippen molar-refractivity contribution >= 4 is 17.7 Å². The second-order valence-corrected chi connectivity index (χ2v) is 6.34. The van der Waals surface area contributed by atoms with E-state index in [-0.39, 0.29) is 30.2 Å². The third kappa shape index (κ3) is 6.93. The molecule has 0 bridgehead atoms. The molecule has 3 amide bonds. The van der Waals surface area contributed by atoms with E-state index in [1.807, 2.05) is 37.3 Å². The van der Waals surface area contributed by atoms with Crippen LogP contribution in [0.25, 0.3) is 0 Å². The van der Waals surface area contributed by atoms with Gasteiger partial charge in [0.2, 0.25) is 11.8 Å². The summed E-state index contributed by atoms with van der Waals surface area (Å²) in [6.07, 6.45) is 0.134. The molecule has 0 radical (unpaired) electrons. The molecule has 0 saturated heterocycles. The van der Waals surface area contributed by atoms with Crippen LogP contribution in [-0.4, -0.2) is 30.8 Å². The normalized spacial score (nSPS) is 11.3. The van der Waals surface area contributed by atoms with Gasteiger partial charge in [0.05, 0.1) is 12.5 Å². The number of carbonyl (C=O) groups excluding carboxylic acids is 3. The van der Waals surface area contributed by atoms with Crippen LogP contribution in [0, 0.1) is 6.92 Å². The summed E-state index contributed by atoms with van der Waals surface area (Å²) in [6, 6.07) is 16.2. The van der Waals surface area contributed by atoms with Crippen LogP contribution >= 0.6 is 0 Å². The minimum atomic E-state index is -0.387. The number of amides is 3.